The van der Waals surface area contributed by atoms with E-state index in [-0.39, 0.29) is 0 Å². The molecule has 0 amide bonds. The SMILES string of the molecule is CCOc1ccc(Nc2ccc(N=O)cc2)cc1. The normalized spacial score (nSPS) is 9.83. The van der Waals surface area contributed by atoms with Gasteiger partial charge in [-0.15, -0.1) is 4.91 Å². The quantitative estimate of drug-likeness (QED) is 0.798. The van der Waals surface area contributed by atoms with Gasteiger partial charge in [0.05, 0.1) is 6.61 Å². The van der Waals surface area contributed by atoms with E-state index in [2.05, 4.69) is 10.5 Å². The van der Waals surface area contributed by atoms with Gasteiger partial charge in [-0.25, -0.2) is 0 Å². The topological polar surface area (TPSA) is 50.7 Å². The molecule has 2 aromatic rings. The highest BCUT2D eigenvalue weighted by Gasteiger charge is 1.97. The summed E-state index contributed by atoms with van der Waals surface area (Å²) in [5.41, 5.74) is 2.30. The zero-order valence-corrected chi connectivity index (χ0v) is 10.1. The second-order valence-corrected chi connectivity index (χ2v) is 3.72. The number of anilines is 2. The van der Waals surface area contributed by atoms with Gasteiger partial charge in [-0.2, -0.15) is 0 Å². The van der Waals surface area contributed by atoms with Crippen molar-refractivity contribution in [2.24, 2.45) is 5.18 Å². The lowest BCUT2D eigenvalue weighted by Crippen LogP contribution is -1.92. The second-order valence-electron chi connectivity index (χ2n) is 3.72. The fourth-order valence-corrected chi connectivity index (χ4v) is 1.57. The first-order valence-corrected chi connectivity index (χ1v) is 5.75. The third kappa shape index (κ3) is 3.07. The van der Waals surface area contributed by atoms with Gasteiger partial charge >= 0.3 is 0 Å². The van der Waals surface area contributed by atoms with Crippen LogP contribution in [0.3, 0.4) is 0 Å². The van der Waals surface area contributed by atoms with Gasteiger partial charge in [0.15, 0.2) is 0 Å². The smallest absolute Gasteiger partial charge is 0.119 e. The molecule has 0 aliphatic heterocycles. The maximum atomic E-state index is 10.3. The van der Waals surface area contributed by atoms with Crippen molar-refractivity contribution in [2.45, 2.75) is 6.92 Å². The Bertz CT molecular complexity index is 506. The van der Waals surface area contributed by atoms with Gasteiger partial charge < -0.3 is 10.1 Å². The number of nitroso groups, excluding NO2 is 1. The molecule has 0 heterocycles. The van der Waals surface area contributed by atoms with Crippen LogP contribution in [0.25, 0.3) is 0 Å². The molecule has 0 bridgehead atoms. The molecule has 0 spiro atoms. The molecule has 0 aromatic heterocycles. The van der Waals surface area contributed by atoms with Crippen LogP contribution in [-0.4, -0.2) is 6.61 Å². The minimum atomic E-state index is 0.423. The number of nitrogens with one attached hydrogen (secondary N) is 1. The zero-order valence-electron chi connectivity index (χ0n) is 10.1. The average molecular weight is 242 g/mol. The van der Waals surface area contributed by atoms with Gasteiger partial charge in [0.25, 0.3) is 0 Å². The molecule has 0 fully saturated rings. The number of hydrogen-bond acceptors (Lipinski definition) is 4. The summed E-state index contributed by atoms with van der Waals surface area (Å²) in [6, 6.07) is 14.7. The van der Waals surface area contributed by atoms with Crippen LogP contribution in [0.1, 0.15) is 6.92 Å². The highest BCUT2D eigenvalue weighted by Crippen LogP contribution is 2.22. The molecule has 2 aromatic carbocycles. The van der Waals surface area contributed by atoms with Crippen LogP contribution >= 0.6 is 0 Å². The fraction of sp³-hybridized carbons (Fsp3) is 0.143. The molecule has 0 radical (unpaired) electrons. The molecule has 0 aliphatic rings. The van der Waals surface area contributed by atoms with Gasteiger partial charge in [-0.3, -0.25) is 0 Å². The van der Waals surface area contributed by atoms with E-state index in [1.807, 2.05) is 43.3 Å². The van der Waals surface area contributed by atoms with Crippen LogP contribution in [0.2, 0.25) is 0 Å². The molecule has 0 saturated heterocycles. The Kier molecular flexibility index (Phi) is 3.91. The Morgan fingerprint density at radius 3 is 2.06 bits per heavy atom. The van der Waals surface area contributed by atoms with Gasteiger partial charge in [-0.05, 0) is 60.6 Å². The zero-order chi connectivity index (χ0) is 12.8. The lowest BCUT2D eigenvalue weighted by atomic mass is 10.2. The van der Waals surface area contributed by atoms with E-state index in [1.165, 1.54) is 0 Å². The summed E-state index contributed by atoms with van der Waals surface area (Å²) in [5.74, 6) is 0.851. The monoisotopic (exact) mass is 242 g/mol. The first-order chi connectivity index (χ1) is 8.81. The molecule has 0 saturated carbocycles. The van der Waals surface area contributed by atoms with Crippen molar-refractivity contribution in [1.82, 2.24) is 0 Å². The van der Waals surface area contributed by atoms with E-state index in [0.717, 1.165) is 17.1 Å². The molecule has 4 heteroatoms. The summed E-state index contributed by atoms with van der Waals surface area (Å²) < 4.78 is 5.37. The highest BCUT2D eigenvalue weighted by molar-refractivity contribution is 5.62. The number of benzene rings is 2. The molecule has 0 atom stereocenters. The molecule has 2 rings (SSSR count). The van der Waals surface area contributed by atoms with Crippen LogP contribution in [0, 0.1) is 4.91 Å². The fourth-order valence-electron chi connectivity index (χ4n) is 1.57. The van der Waals surface area contributed by atoms with Crippen molar-refractivity contribution < 1.29 is 4.74 Å². The van der Waals surface area contributed by atoms with Crippen molar-refractivity contribution in [1.29, 1.82) is 0 Å². The van der Waals surface area contributed by atoms with Crippen molar-refractivity contribution in [3.05, 3.63) is 53.4 Å². The number of ether oxygens (including phenoxy) is 1. The minimum absolute atomic E-state index is 0.423. The Hall–Kier alpha value is -2.36. The summed E-state index contributed by atoms with van der Waals surface area (Å²) in [7, 11) is 0. The number of nitrogens with zero attached hydrogens (tertiary/aromatic N) is 1. The molecule has 0 unspecified atom stereocenters. The summed E-state index contributed by atoms with van der Waals surface area (Å²) in [6.45, 7) is 2.61. The van der Waals surface area contributed by atoms with E-state index < -0.39 is 0 Å². The van der Waals surface area contributed by atoms with Crippen molar-refractivity contribution in [2.75, 3.05) is 11.9 Å². The third-order valence-corrected chi connectivity index (χ3v) is 2.43. The number of rotatable bonds is 5. The predicted octanol–water partition coefficient (Wildman–Crippen LogP) is 4.23. The average Bonchev–Trinajstić information content (AvgIpc) is 2.42. The molecule has 18 heavy (non-hydrogen) atoms. The van der Waals surface area contributed by atoms with E-state index in [0.29, 0.717) is 12.3 Å². The summed E-state index contributed by atoms with van der Waals surface area (Å²) in [4.78, 5) is 10.3. The van der Waals surface area contributed by atoms with Crippen molar-refractivity contribution in [3.63, 3.8) is 0 Å². The Balaban J connectivity index is 2.05. The first-order valence-electron chi connectivity index (χ1n) is 5.75. The lowest BCUT2D eigenvalue weighted by Gasteiger charge is -2.08. The molecule has 92 valence electrons. The minimum Gasteiger partial charge on any atom is -0.494 e. The summed E-state index contributed by atoms with van der Waals surface area (Å²) >= 11 is 0. The van der Waals surface area contributed by atoms with Crippen LogP contribution in [0.4, 0.5) is 17.1 Å². The van der Waals surface area contributed by atoms with E-state index in [1.54, 1.807) is 12.1 Å². The molecule has 4 nitrogen and oxygen atoms in total. The Labute approximate surface area is 106 Å². The standard InChI is InChI=1S/C14H14N2O2/c1-2-18-14-9-7-12(8-10-14)15-11-3-5-13(16-17)6-4-11/h3-10,15H,2H2,1H3. The largest absolute Gasteiger partial charge is 0.494 e. The Morgan fingerprint density at radius 2 is 1.56 bits per heavy atom. The maximum Gasteiger partial charge on any atom is 0.119 e. The first kappa shape index (κ1) is 12.1. The molecule has 0 aliphatic carbocycles. The lowest BCUT2D eigenvalue weighted by molar-refractivity contribution is 0.340. The molecule has 1 N–H and O–H groups in total. The summed E-state index contributed by atoms with van der Waals surface area (Å²) in [5, 5.41) is 6.08. The van der Waals surface area contributed by atoms with Gasteiger partial charge in [0.2, 0.25) is 0 Å². The van der Waals surface area contributed by atoms with Gasteiger partial charge in [0.1, 0.15) is 11.4 Å². The van der Waals surface area contributed by atoms with Crippen molar-refractivity contribution >= 4 is 17.1 Å². The van der Waals surface area contributed by atoms with Crippen LogP contribution in [0.15, 0.2) is 53.7 Å². The third-order valence-electron chi connectivity index (χ3n) is 2.43. The van der Waals surface area contributed by atoms with Gasteiger partial charge in [0, 0.05) is 11.4 Å². The van der Waals surface area contributed by atoms with E-state index >= 15 is 0 Å². The highest BCUT2D eigenvalue weighted by atomic mass is 16.5. The van der Waals surface area contributed by atoms with E-state index in [9.17, 15) is 4.91 Å². The van der Waals surface area contributed by atoms with Crippen LogP contribution in [-0.2, 0) is 0 Å². The Morgan fingerprint density at radius 1 is 1.00 bits per heavy atom. The summed E-state index contributed by atoms with van der Waals surface area (Å²) in [6.07, 6.45) is 0. The van der Waals surface area contributed by atoms with Crippen LogP contribution < -0.4 is 10.1 Å². The van der Waals surface area contributed by atoms with Gasteiger partial charge in [-0.1, -0.05) is 0 Å². The van der Waals surface area contributed by atoms with E-state index in [4.69, 9.17) is 4.74 Å². The molecular formula is C14H14N2O2. The van der Waals surface area contributed by atoms with Crippen molar-refractivity contribution in [3.8, 4) is 5.75 Å². The maximum absolute atomic E-state index is 10.3. The second kappa shape index (κ2) is 5.82. The predicted molar refractivity (Wildman–Crippen MR) is 72.8 cm³/mol. The van der Waals surface area contributed by atoms with Crippen LogP contribution in [0.5, 0.6) is 5.75 Å². The molecular weight excluding hydrogens is 228 g/mol. The number of hydrogen-bond donors (Lipinski definition) is 1.